The van der Waals surface area contributed by atoms with Crippen molar-refractivity contribution in [2.24, 2.45) is 5.10 Å². The second-order valence-corrected chi connectivity index (χ2v) is 8.62. The number of hydrogen-bond donors (Lipinski definition) is 0. The molecule has 0 radical (unpaired) electrons. The SMILES string of the molecule is CCCN1CCN(C(=O)c2ccc(N3N=CC(c4ccc(C#N)cc4C)C3=O)nc2)C[C@H]1C. The average Bonchev–Trinajstić information content (AvgIpc) is 3.21. The van der Waals surface area contributed by atoms with Gasteiger partial charge < -0.3 is 4.90 Å². The van der Waals surface area contributed by atoms with Crippen LogP contribution in [0.5, 0.6) is 0 Å². The monoisotopic (exact) mass is 444 g/mol. The first-order chi connectivity index (χ1) is 15.9. The van der Waals surface area contributed by atoms with Gasteiger partial charge >= 0.3 is 0 Å². The van der Waals surface area contributed by atoms with E-state index < -0.39 is 5.92 Å². The summed E-state index contributed by atoms with van der Waals surface area (Å²) < 4.78 is 0. The van der Waals surface area contributed by atoms with Gasteiger partial charge in [0.05, 0.1) is 17.2 Å². The predicted molar refractivity (Wildman–Crippen MR) is 126 cm³/mol. The quantitative estimate of drug-likeness (QED) is 0.707. The van der Waals surface area contributed by atoms with Gasteiger partial charge in [-0.2, -0.15) is 15.4 Å². The molecular weight excluding hydrogens is 416 g/mol. The van der Waals surface area contributed by atoms with Gasteiger partial charge in [-0.3, -0.25) is 14.5 Å². The Morgan fingerprint density at radius 3 is 2.70 bits per heavy atom. The molecule has 0 N–H and O–H groups in total. The number of carbonyl (C=O) groups is 2. The van der Waals surface area contributed by atoms with Crippen molar-refractivity contribution in [3.8, 4) is 6.07 Å². The van der Waals surface area contributed by atoms with Crippen molar-refractivity contribution in [3.05, 3.63) is 58.8 Å². The van der Waals surface area contributed by atoms with E-state index in [1.807, 2.05) is 11.8 Å². The molecule has 1 fully saturated rings. The van der Waals surface area contributed by atoms with Crippen LogP contribution in [0.1, 0.15) is 53.2 Å². The molecule has 170 valence electrons. The number of rotatable bonds is 5. The second-order valence-electron chi connectivity index (χ2n) is 8.62. The Bertz CT molecular complexity index is 1120. The lowest BCUT2D eigenvalue weighted by molar-refractivity contribution is -0.118. The zero-order valence-electron chi connectivity index (χ0n) is 19.2. The fourth-order valence-electron chi connectivity index (χ4n) is 4.48. The number of anilines is 1. The van der Waals surface area contributed by atoms with E-state index in [1.165, 1.54) is 11.2 Å². The molecule has 1 saturated heterocycles. The molecule has 2 amide bonds. The summed E-state index contributed by atoms with van der Waals surface area (Å²) in [6.07, 6.45) is 4.21. The lowest BCUT2D eigenvalue weighted by atomic mass is 9.94. The minimum atomic E-state index is -0.526. The molecule has 3 heterocycles. The molecule has 0 spiro atoms. The summed E-state index contributed by atoms with van der Waals surface area (Å²) in [7, 11) is 0. The summed E-state index contributed by atoms with van der Waals surface area (Å²) in [5.41, 5.74) is 2.74. The molecule has 2 atom stereocenters. The average molecular weight is 445 g/mol. The van der Waals surface area contributed by atoms with E-state index in [1.54, 1.807) is 36.5 Å². The Labute approximate surface area is 194 Å². The number of hydrazone groups is 1. The first-order valence-electron chi connectivity index (χ1n) is 11.3. The highest BCUT2D eigenvalue weighted by Crippen LogP contribution is 2.28. The Kier molecular flexibility index (Phi) is 6.52. The summed E-state index contributed by atoms with van der Waals surface area (Å²) in [5.74, 6) is -0.404. The Morgan fingerprint density at radius 2 is 2.06 bits per heavy atom. The third-order valence-electron chi connectivity index (χ3n) is 6.31. The number of nitrogens with zero attached hydrogens (tertiary/aromatic N) is 6. The van der Waals surface area contributed by atoms with Crippen molar-refractivity contribution in [2.75, 3.05) is 31.2 Å². The minimum absolute atomic E-state index is 0.0422. The number of amides is 2. The topological polar surface area (TPSA) is 92.9 Å². The van der Waals surface area contributed by atoms with Crippen molar-refractivity contribution >= 4 is 23.8 Å². The van der Waals surface area contributed by atoms with E-state index in [0.717, 1.165) is 30.6 Å². The third-order valence-corrected chi connectivity index (χ3v) is 6.31. The summed E-state index contributed by atoms with van der Waals surface area (Å²) in [6, 6.07) is 11.1. The second kappa shape index (κ2) is 9.51. The van der Waals surface area contributed by atoms with Gasteiger partial charge in [-0.15, -0.1) is 0 Å². The molecule has 4 rings (SSSR count). The van der Waals surface area contributed by atoms with Crippen LogP contribution in [0.15, 0.2) is 41.6 Å². The minimum Gasteiger partial charge on any atom is -0.336 e. The molecule has 2 aliphatic heterocycles. The molecular formula is C25H28N6O2. The van der Waals surface area contributed by atoms with Gasteiger partial charge in [0.15, 0.2) is 5.82 Å². The van der Waals surface area contributed by atoms with E-state index in [-0.39, 0.29) is 11.8 Å². The number of nitriles is 1. The van der Waals surface area contributed by atoms with E-state index in [9.17, 15) is 9.59 Å². The van der Waals surface area contributed by atoms with Gasteiger partial charge in [-0.1, -0.05) is 13.0 Å². The molecule has 2 aromatic rings. The molecule has 1 aromatic heterocycles. The maximum atomic E-state index is 13.0. The lowest BCUT2D eigenvalue weighted by Crippen LogP contribution is -2.53. The van der Waals surface area contributed by atoms with Gasteiger partial charge in [0, 0.05) is 38.1 Å². The Hall–Kier alpha value is -3.57. The molecule has 8 nitrogen and oxygen atoms in total. The first-order valence-corrected chi connectivity index (χ1v) is 11.3. The fraction of sp³-hybridized carbons (Fsp3) is 0.400. The highest BCUT2D eigenvalue weighted by molar-refractivity contribution is 6.12. The zero-order chi connectivity index (χ0) is 23.5. The highest BCUT2D eigenvalue weighted by atomic mass is 16.2. The summed E-state index contributed by atoms with van der Waals surface area (Å²) in [5, 5.41) is 14.6. The third kappa shape index (κ3) is 4.50. The lowest BCUT2D eigenvalue weighted by Gasteiger charge is -2.39. The molecule has 0 aliphatic carbocycles. The number of benzene rings is 1. The molecule has 8 heteroatoms. The Morgan fingerprint density at radius 1 is 1.24 bits per heavy atom. The van der Waals surface area contributed by atoms with Gasteiger partial charge in [-0.05, 0) is 62.2 Å². The molecule has 2 aliphatic rings. The predicted octanol–water partition coefficient (Wildman–Crippen LogP) is 2.93. The zero-order valence-corrected chi connectivity index (χ0v) is 19.2. The van der Waals surface area contributed by atoms with Crippen LogP contribution in [0, 0.1) is 18.3 Å². The number of carbonyl (C=O) groups excluding carboxylic acids is 2. The number of hydrogen-bond acceptors (Lipinski definition) is 6. The number of pyridine rings is 1. The summed E-state index contributed by atoms with van der Waals surface area (Å²) in [6.45, 7) is 9.51. The van der Waals surface area contributed by atoms with Crippen molar-refractivity contribution in [1.29, 1.82) is 5.26 Å². The summed E-state index contributed by atoms with van der Waals surface area (Å²) >= 11 is 0. The van der Waals surface area contributed by atoms with Crippen molar-refractivity contribution < 1.29 is 9.59 Å². The van der Waals surface area contributed by atoms with Crippen LogP contribution >= 0.6 is 0 Å². The van der Waals surface area contributed by atoms with Gasteiger partial charge in [0.25, 0.3) is 11.8 Å². The molecule has 33 heavy (non-hydrogen) atoms. The van der Waals surface area contributed by atoms with Crippen LogP contribution in [0.4, 0.5) is 5.82 Å². The number of piperazine rings is 1. The standard InChI is InChI=1S/C25H28N6O2/c1-4-9-29-10-11-30(16-18(29)3)24(32)20-6-8-23(27-14-20)31-25(33)22(15-28-31)21-7-5-19(13-26)12-17(21)2/h5-8,12,14-15,18,22H,4,9-11,16H2,1-3H3/t18-,22?/m1/s1. The Balaban J connectivity index is 1.44. The van der Waals surface area contributed by atoms with Crippen LogP contribution < -0.4 is 5.01 Å². The molecule has 1 aromatic carbocycles. The molecule has 1 unspecified atom stereocenters. The number of aromatic nitrogens is 1. The van der Waals surface area contributed by atoms with E-state index in [2.05, 4.69) is 34.9 Å². The largest absolute Gasteiger partial charge is 0.336 e. The van der Waals surface area contributed by atoms with Crippen molar-refractivity contribution in [3.63, 3.8) is 0 Å². The van der Waals surface area contributed by atoms with Gasteiger partial charge in [-0.25, -0.2) is 4.98 Å². The number of aryl methyl sites for hydroxylation is 1. The highest BCUT2D eigenvalue weighted by Gasteiger charge is 2.33. The maximum Gasteiger partial charge on any atom is 0.261 e. The van der Waals surface area contributed by atoms with Crippen molar-refractivity contribution in [2.45, 2.75) is 39.2 Å². The molecule has 0 saturated carbocycles. The van der Waals surface area contributed by atoms with E-state index in [0.29, 0.717) is 36.1 Å². The van der Waals surface area contributed by atoms with E-state index in [4.69, 9.17) is 5.26 Å². The normalized spacial score (nSPS) is 20.8. The van der Waals surface area contributed by atoms with Crippen molar-refractivity contribution in [1.82, 2.24) is 14.8 Å². The van der Waals surface area contributed by atoms with E-state index >= 15 is 0 Å². The smallest absolute Gasteiger partial charge is 0.261 e. The first kappa shape index (κ1) is 22.6. The van der Waals surface area contributed by atoms with Crippen LogP contribution in [-0.2, 0) is 4.79 Å². The van der Waals surface area contributed by atoms with Gasteiger partial charge in [0.1, 0.15) is 5.92 Å². The van der Waals surface area contributed by atoms with Crippen LogP contribution in [0.25, 0.3) is 0 Å². The molecule has 0 bridgehead atoms. The fourth-order valence-corrected chi connectivity index (χ4v) is 4.48. The van der Waals surface area contributed by atoms with Crippen LogP contribution in [0.2, 0.25) is 0 Å². The van der Waals surface area contributed by atoms with Crippen LogP contribution in [-0.4, -0.2) is 65.0 Å². The van der Waals surface area contributed by atoms with Crippen LogP contribution in [0.3, 0.4) is 0 Å². The van der Waals surface area contributed by atoms with Gasteiger partial charge in [0.2, 0.25) is 0 Å². The maximum absolute atomic E-state index is 13.0. The summed E-state index contributed by atoms with van der Waals surface area (Å²) in [4.78, 5) is 34.6.